The number of nitrogens with zero attached hydrogens (tertiary/aromatic N) is 5. The van der Waals surface area contributed by atoms with Gasteiger partial charge in [-0.2, -0.15) is 9.61 Å². The van der Waals surface area contributed by atoms with E-state index in [4.69, 9.17) is 4.74 Å². The molecule has 0 saturated carbocycles. The number of benzene rings is 1. The van der Waals surface area contributed by atoms with Gasteiger partial charge in [-0.05, 0) is 42.5 Å². The molecule has 3 heterocycles. The molecule has 0 aliphatic heterocycles. The Kier molecular flexibility index (Phi) is 3.96. The average molecular weight is 332 g/mol. The molecule has 0 fully saturated rings. The van der Waals surface area contributed by atoms with E-state index in [0.29, 0.717) is 12.2 Å². The number of nitrogens with one attached hydrogen (secondary N) is 1. The van der Waals surface area contributed by atoms with Gasteiger partial charge in [0.2, 0.25) is 5.65 Å². The molecule has 1 N–H and O–H groups in total. The fourth-order valence-electron chi connectivity index (χ4n) is 2.55. The van der Waals surface area contributed by atoms with Crippen LogP contribution in [-0.4, -0.2) is 31.9 Å². The van der Waals surface area contributed by atoms with Crippen molar-refractivity contribution < 1.29 is 4.74 Å². The number of fused-ring (bicyclic) bond motifs is 1. The molecule has 0 bridgehead atoms. The summed E-state index contributed by atoms with van der Waals surface area (Å²) in [6, 6.07) is 15.6. The molecule has 4 rings (SSSR count). The summed E-state index contributed by atoms with van der Waals surface area (Å²) in [6.07, 6.45) is 3.37. The molecule has 0 aliphatic rings. The molecule has 0 amide bonds. The number of methoxy groups -OCH3 is 1. The monoisotopic (exact) mass is 332 g/mol. The van der Waals surface area contributed by atoms with Crippen LogP contribution >= 0.6 is 0 Å². The lowest BCUT2D eigenvalue weighted by molar-refractivity contribution is 0.415. The summed E-state index contributed by atoms with van der Waals surface area (Å²) in [4.78, 5) is 4.33. The van der Waals surface area contributed by atoms with Gasteiger partial charge in [-0.15, -0.1) is 10.2 Å². The van der Waals surface area contributed by atoms with E-state index < -0.39 is 0 Å². The maximum Gasteiger partial charge on any atom is 0.200 e. The Bertz CT molecular complexity index is 982. The van der Waals surface area contributed by atoms with Gasteiger partial charge in [0.25, 0.3) is 0 Å². The normalized spacial score (nSPS) is 10.8. The first-order valence-electron chi connectivity index (χ1n) is 7.83. The molecule has 124 valence electrons. The molecule has 0 saturated heterocycles. The smallest absolute Gasteiger partial charge is 0.200 e. The highest BCUT2D eigenvalue weighted by molar-refractivity contribution is 5.73. The molecule has 3 aromatic heterocycles. The molecule has 0 atom stereocenters. The molecule has 1 aromatic carbocycles. The minimum absolute atomic E-state index is 0.593. The van der Waals surface area contributed by atoms with Crippen LogP contribution in [-0.2, 0) is 6.54 Å². The van der Waals surface area contributed by atoms with Crippen molar-refractivity contribution in [3.63, 3.8) is 0 Å². The predicted octanol–water partition coefficient (Wildman–Crippen LogP) is 2.81. The number of aromatic nitrogens is 5. The molecule has 0 radical (unpaired) electrons. The van der Waals surface area contributed by atoms with Crippen molar-refractivity contribution in [1.82, 2.24) is 24.8 Å². The zero-order chi connectivity index (χ0) is 17.1. The van der Waals surface area contributed by atoms with Crippen LogP contribution in [0.2, 0.25) is 0 Å². The quantitative estimate of drug-likeness (QED) is 0.605. The Morgan fingerprint density at radius 1 is 1.12 bits per heavy atom. The zero-order valence-electron chi connectivity index (χ0n) is 13.6. The van der Waals surface area contributed by atoms with Gasteiger partial charge < -0.3 is 10.1 Å². The number of hydrogen-bond acceptors (Lipinski definition) is 6. The minimum atomic E-state index is 0.593. The van der Waals surface area contributed by atoms with Crippen LogP contribution in [0.5, 0.6) is 5.75 Å². The molecule has 0 unspecified atom stereocenters. The first kappa shape index (κ1) is 15.1. The summed E-state index contributed by atoms with van der Waals surface area (Å²) >= 11 is 0. The predicted molar refractivity (Wildman–Crippen MR) is 94.3 cm³/mol. The largest absolute Gasteiger partial charge is 0.497 e. The van der Waals surface area contributed by atoms with E-state index in [1.807, 2.05) is 48.5 Å². The lowest BCUT2D eigenvalue weighted by atomic mass is 10.1. The van der Waals surface area contributed by atoms with Crippen LogP contribution in [0.4, 0.5) is 5.69 Å². The van der Waals surface area contributed by atoms with Gasteiger partial charge in [-0.25, -0.2) is 0 Å². The molecule has 7 nitrogen and oxygen atoms in total. The Balaban J connectivity index is 1.69. The van der Waals surface area contributed by atoms with Gasteiger partial charge in [-0.1, -0.05) is 6.07 Å². The fraction of sp³-hybridized carbons (Fsp3) is 0.111. The number of ether oxygens (including phenoxy) is 1. The summed E-state index contributed by atoms with van der Waals surface area (Å²) in [5.74, 6) is 0.808. The van der Waals surface area contributed by atoms with Crippen molar-refractivity contribution in [2.45, 2.75) is 6.54 Å². The van der Waals surface area contributed by atoms with Crippen molar-refractivity contribution in [1.29, 1.82) is 0 Å². The SMILES string of the molecule is COc1ccc(-c2cc(NCc3ccccn3)c3nncn3n2)cc1. The van der Waals surface area contributed by atoms with Crippen molar-refractivity contribution in [2.24, 2.45) is 0 Å². The van der Waals surface area contributed by atoms with Crippen LogP contribution in [0.3, 0.4) is 0 Å². The molecule has 4 aromatic rings. The Hall–Kier alpha value is -3.48. The van der Waals surface area contributed by atoms with E-state index in [1.54, 1.807) is 24.1 Å². The standard InChI is InChI=1S/C18H16N6O/c1-25-15-7-5-13(6-8-15)16-10-17(18-22-21-12-24(18)23-16)20-11-14-4-2-3-9-19-14/h2-10,12,20H,11H2,1H3. The van der Waals surface area contributed by atoms with Gasteiger partial charge in [0.05, 0.1) is 30.7 Å². The van der Waals surface area contributed by atoms with Gasteiger partial charge >= 0.3 is 0 Å². The third-order valence-electron chi connectivity index (χ3n) is 3.84. The third kappa shape index (κ3) is 3.12. The fourth-order valence-corrected chi connectivity index (χ4v) is 2.55. The molecule has 0 aliphatic carbocycles. The number of anilines is 1. The van der Waals surface area contributed by atoms with Crippen LogP contribution in [0, 0.1) is 0 Å². The Morgan fingerprint density at radius 3 is 2.76 bits per heavy atom. The molecule has 25 heavy (non-hydrogen) atoms. The van der Waals surface area contributed by atoms with Crippen molar-refractivity contribution in [2.75, 3.05) is 12.4 Å². The second-order valence-electron chi connectivity index (χ2n) is 5.45. The van der Waals surface area contributed by atoms with Crippen molar-refractivity contribution in [3.8, 4) is 17.0 Å². The third-order valence-corrected chi connectivity index (χ3v) is 3.84. The lowest BCUT2D eigenvalue weighted by Crippen LogP contribution is -2.05. The van der Waals surface area contributed by atoms with Crippen LogP contribution < -0.4 is 10.1 Å². The highest BCUT2D eigenvalue weighted by atomic mass is 16.5. The van der Waals surface area contributed by atoms with Gasteiger partial charge in [0.15, 0.2) is 0 Å². The topological polar surface area (TPSA) is 77.2 Å². The summed E-state index contributed by atoms with van der Waals surface area (Å²) in [6.45, 7) is 0.593. The van der Waals surface area contributed by atoms with E-state index in [9.17, 15) is 0 Å². The first-order valence-corrected chi connectivity index (χ1v) is 7.83. The number of pyridine rings is 1. The maximum atomic E-state index is 5.21. The van der Waals surface area contributed by atoms with Crippen molar-refractivity contribution >= 4 is 11.3 Å². The van der Waals surface area contributed by atoms with Gasteiger partial charge in [0, 0.05) is 11.8 Å². The van der Waals surface area contributed by atoms with Crippen molar-refractivity contribution in [3.05, 3.63) is 66.7 Å². The van der Waals surface area contributed by atoms with Gasteiger partial charge in [-0.3, -0.25) is 4.98 Å². The summed E-state index contributed by atoms with van der Waals surface area (Å²) in [5.41, 5.74) is 4.27. The Morgan fingerprint density at radius 2 is 2.00 bits per heavy atom. The van der Waals surface area contributed by atoms with E-state index >= 15 is 0 Å². The minimum Gasteiger partial charge on any atom is -0.497 e. The Labute approximate surface area is 144 Å². The second-order valence-corrected chi connectivity index (χ2v) is 5.45. The highest BCUT2D eigenvalue weighted by Crippen LogP contribution is 2.25. The van der Waals surface area contributed by atoms with E-state index in [0.717, 1.165) is 28.4 Å². The summed E-state index contributed by atoms with van der Waals surface area (Å²) in [7, 11) is 1.65. The molecular formula is C18H16N6O. The average Bonchev–Trinajstić information content (AvgIpc) is 3.16. The van der Waals surface area contributed by atoms with Gasteiger partial charge in [0.1, 0.15) is 12.1 Å². The van der Waals surface area contributed by atoms with E-state index in [2.05, 4.69) is 25.6 Å². The zero-order valence-corrected chi connectivity index (χ0v) is 13.6. The van der Waals surface area contributed by atoms with E-state index in [-0.39, 0.29) is 0 Å². The number of rotatable bonds is 5. The van der Waals surface area contributed by atoms with Crippen LogP contribution in [0.1, 0.15) is 5.69 Å². The summed E-state index contributed by atoms with van der Waals surface area (Å²) in [5, 5.41) is 16.0. The molecule has 7 heteroatoms. The van der Waals surface area contributed by atoms with Crippen LogP contribution in [0.25, 0.3) is 16.9 Å². The highest BCUT2D eigenvalue weighted by Gasteiger charge is 2.10. The molecular weight excluding hydrogens is 316 g/mol. The number of hydrogen-bond donors (Lipinski definition) is 1. The lowest BCUT2D eigenvalue weighted by Gasteiger charge is -2.09. The first-order chi connectivity index (χ1) is 12.3. The second kappa shape index (κ2) is 6.56. The van der Waals surface area contributed by atoms with Crippen LogP contribution in [0.15, 0.2) is 61.1 Å². The molecule has 0 spiro atoms. The maximum absolute atomic E-state index is 5.21. The van der Waals surface area contributed by atoms with E-state index in [1.165, 1.54) is 0 Å². The summed E-state index contributed by atoms with van der Waals surface area (Å²) < 4.78 is 6.88.